The second kappa shape index (κ2) is 18.7. The summed E-state index contributed by atoms with van der Waals surface area (Å²) in [5, 5.41) is 62.7. The number of nitrogens with zero attached hydrogens (tertiary/aromatic N) is 3. The number of hydrogen-bond acceptors (Lipinski definition) is 13. The normalized spacial score (nSPS) is 10.9. The molecule has 0 aliphatic heterocycles. The van der Waals surface area contributed by atoms with Gasteiger partial charge in [0.1, 0.15) is 0 Å². The highest BCUT2D eigenvalue weighted by Crippen LogP contribution is 2.27. The van der Waals surface area contributed by atoms with Crippen LogP contribution in [0.5, 0.6) is 23.0 Å². The first-order valence-electron chi connectivity index (χ1n) is 15.8. The van der Waals surface area contributed by atoms with Crippen LogP contribution in [0.1, 0.15) is 41.4 Å². The van der Waals surface area contributed by atoms with Gasteiger partial charge in [-0.3, -0.25) is 33.7 Å². The lowest BCUT2D eigenvalue weighted by Gasteiger charge is -2.26. The Kier molecular flexibility index (Phi) is 14.5. The number of aryl methyl sites for hydroxylation is 2. The molecule has 2 aromatic heterocycles. The number of amides is 4. The Morgan fingerprint density at radius 3 is 1.29 bits per heavy atom. The van der Waals surface area contributed by atoms with Gasteiger partial charge >= 0.3 is 0 Å². The van der Waals surface area contributed by atoms with Crippen molar-refractivity contribution in [1.29, 1.82) is 0 Å². The summed E-state index contributed by atoms with van der Waals surface area (Å²) < 4.78 is 2.08. The van der Waals surface area contributed by atoms with Crippen molar-refractivity contribution in [3.8, 4) is 23.0 Å². The molecule has 3 aromatic rings. The first-order valence-corrected chi connectivity index (χ1v) is 15.8. The summed E-state index contributed by atoms with van der Waals surface area (Å²) in [6.45, 7) is 1.66. The van der Waals surface area contributed by atoms with E-state index in [1.165, 1.54) is 38.6 Å². The van der Waals surface area contributed by atoms with Gasteiger partial charge in [0.15, 0.2) is 0 Å². The largest absolute Gasteiger partial charge is 0.872 e. The summed E-state index contributed by atoms with van der Waals surface area (Å²) in [4.78, 5) is 75.9. The molecule has 19 heteroatoms. The predicted octanol–water partition coefficient (Wildman–Crippen LogP) is -5.45. The highest BCUT2D eigenvalue weighted by molar-refractivity contribution is 6.02. The minimum absolute atomic E-state index is 0.0360. The van der Waals surface area contributed by atoms with Crippen molar-refractivity contribution in [3.63, 3.8) is 0 Å². The smallest absolute Gasteiger partial charge is 0.250 e. The lowest BCUT2D eigenvalue weighted by Crippen LogP contribution is -2.43. The molecule has 0 spiro atoms. The molecular weight excluding hydrogens is 670 g/mol. The van der Waals surface area contributed by atoms with E-state index in [0.717, 1.165) is 21.3 Å². The van der Waals surface area contributed by atoms with Crippen LogP contribution in [-0.2, 0) is 14.1 Å². The molecule has 7 N–H and O–H groups in total. The Morgan fingerprint density at radius 2 is 0.922 bits per heavy atom. The number of aromatic nitrogens is 2. The third-order valence-electron chi connectivity index (χ3n) is 7.59. The molecule has 0 aliphatic carbocycles. The third kappa shape index (κ3) is 10.5. The molecule has 0 saturated heterocycles. The van der Waals surface area contributed by atoms with Crippen molar-refractivity contribution in [1.82, 2.24) is 40.6 Å². The highest BCUT2D eigenvalue weighted by atomic mass is 16.3. The van der Waals surface area contributed by atoms with Crippen LogP contribution in [-0.4, -0.2) is 103 Å². The van der Waals surface area contributed by atoms with E-state index in [2.05, 4.69) is 26.6 Å². The van der Waals surface area contributed by atoms with Gasteiger partial charge in [-0.1, -0.05) is 0 Å². The standard InChI is InChI=1S/C32H43N9O10/c1-39-14-5-21(25(44)31(39)50)29(48)37-12-17-41(18-13-38-30(49)22-6-15-40(2)32(51)26(22)45)16-11-36-28(47)20-4-3-19(23(42)24(20)43)27(46)35-10-9-34-8-7-33/h3-6,14-15,34,42-45H,7-13,16-18,33H2,1-2H3,(H,35,46)(H,36,47)(H,37,48)(H,38,49)/p-4. The Bertz CT molecular complexity index is 1770. The van der Waals surface area contributed by atoms with Crippen LogP contribution >= 0.6 is 0 Å². The van der Waals surface area contributed by atoms with E-state index in [1.54, 1.807) is 4.90 Å². The maximum Gasteiger partial charge on any atom is 0.250 e. The van der Waals surface area contributed by atoms with Gasteiger partial charge in [-0.2, -0.15) is 0 Å². The fourth-order valence-electron chi connectivity index (χ4n) is 4.68. The molecule has 51 heavy (non-hydrogen) atoms. The number of carbonyl (C=O) groups is 4. The van der Waals surface area contributed by atoms with Crippen LogP contribution in [0.15, 0.2) is 46.2 Å². The van der Waals surface area contributed by atoms with E-state index in [1.807, 2.05) is 0 Å². The van der Waals surface area contributed by atoms with Crippen molar-refractivity contribution < 1.29 is 39.6 Å². The monoisotopic (exact) mass is 709 g/mol. The topological polar surface area (TPSA) is 294 Å². The zero-order valence-electron chi connectivity index (χ0n) is 28.0. The summed E-state index contributed by atoms with van der Waals surface area (Å²) in [6, 6.07) is 4.58. The SMILES string of the molecule is Cn1ccc(C(=O)NCCN(CCNC(=O)c2ccc(C(=O)NCCNCCN)c([O-])c2[O-])CCNC(=O)c2ccn(C)c(=O)c2[O-])c([O-])c1=O. The summed E-state index contributed by atoms with van der Waals surface area (Å²) in [5.41, 5.74) is 2.05. The van der Waals surface area contributed by atoms with E-state index >= 15 is 0 Å². The first-order chi connectivity index (χ1) is 24.3. The van der Waals surface area contributed by atoms with Crippen molar-refractivity contribution in [2.45, 2.75) is 0 Å². The van der Waals surface area contributed by atoms with E-state index < -0.39 is 68.9 Å². The molecule has 0 radical (unpaired) electrons. The summed E-state index contributed by atoms with van der Waals surface area (Å²) in [7, 11) is 2.74. The molecule has 0 atom stereocenters. The lowest BCUT2D eigenvalue weighted by atomic mass is 10.1. The van der Waals surface area contributed by atoms with Crippen LogP contribution in [0.2, 0.25) is 0 Å². The molecule has 3 rings (SSSR count). The van der Waals surface area contributed by atoms with E-state index in [-0.39, 0.29) is 56.9 Å². The van der Waals surface area contributed by atoms with Crippen LogP contribution in [0.3, 0.4) is 0 Å². The van der Waals surface area contributed by atoms with Gasteiger partial charge in [0.05, 0.1) is 0 Å². The number of benzene rings is 1. The van der Waals surface area contributed by atoms with Gasteiger partial charge in [0.25, 0.3) is 23.6 Å². The van der Waals surface area contributed by atoms with Crippen LogP contribution in [0.4, 0.5) is 0 Å². The van der Waals surface area contributed by atoms with Gasteiger partial charge in [0.2, 0.25) is 11.1 Å². The molecule has 0 bridgehead atoms. The fourth-order valence-corrected chi connectivity index (χ4v) is 4.68. The summed E-state index contributed by atoms with van der Waals surface area (Å²) >= 11 is 0. The van der Waals surface area contributed by atoms with E-state index in [4.69, 9.17) is 5.73 Å². The van der Waals surface area contributed by atoms with Crippen molar-refractivity contribution >= 4 is 23.6 Å². The molecule has 2 heterocycles. The Balaban J connectivity index is 1.63. The van der Waals surface area contributed by atoms with Gasteiger partial charge in [0, 0.05) is 114 Å². The quantitative estimate of drug-likeness (QED) is 0.0673. The molecule has 0 aliphatic rings. The minimum Gasteiger partial charge on any atom is -0.872 e. The van der Waals surface area contributed by atoms with Gasteiger partial charge < -0.3 is 61.9 Å². The third-order valence-corrected chi connectivity index (χ3v) is 7.59. The molecular formula is C32H39N9O10-4. The number of nitrogens with two attached hydrogens (primary N) is 1. The Hall–Kier alpha value is -5.92. The van der Waals surface area contributed by atoms with Gasteiger partial charge in [-0.15, -0.1) is 11.5 Å². The zero-order chi connectivity index (χ0) is 37.7. The van der Waals surface area contributed by atoms with Crippen molar-refractivity contribution in [2.24, 2.45) is 19.8 Å². The average Bonchev–Trinajstić information content (AvgIpc) is 3.10. The molecule has 19 nitrogen and oxygen atoms in total. The number of hydrogen-bond donors (Lipinski definition) is 6. The predicted molar refractivity (Wildman–Crippen MR) is 175 cm³/mol. The number of nitrogens with one attached hydrogen (secondary N) is 5. The summed E-state index contributed by atoms with van der Waals surface area (Å²) in [6.07, 6.45) is 2.56. The number of pyridine rings is 2. The van der Waals surface area contributed by atoms with E-state index in [0.29, 0.717) is 19.6 Å². The van der Waals surface area contributed by atoms with Crippen LogP contribution in [0, 0.1) is 0 Å². The highest BCUT2D eigenvalue weighted by Gasteiger charge is 2.15. The van der Waals surface area contributed by atoms with Crippen LogP contribution < -0.4 is 63.9 Å². The first kappa shape index (κ1) is 39.5. The maximum absolute atomic E-state index is 12.8. The van der Waals surface area contributed by atoms with Gasteiger partial charge in [-0.25, -0.2) is 0 Å². The number of rotatable bonds is 18. The minimum atomic E-state index is -1.16. The summed E-state index contributed by atoms with van der Waals surface area (Å²) in [5.74, 6) is -7.47. The second-order valence-corrected chi connectivity index (χ2v) is 11.2. The molecule has 0 fully saturated rings. The van der Waals surface area contributed by atoms with E-state index in [9.17, 15) is 49.2 Å². The fraction of sp³-hybridized carbons (Fsp3) is 0.375. The maximum atomic E-state index is 12.8. The van der Waals surface area contributed by atoms with Crippen molar-refractivity contribution in [2.75, 3.05) is 65.4 Å². The molecule has 0 unspecified atom stereocenters. The number of carbonyl (C=O) groups excluding carboxylic acids is 4. The second-order valence-electron chi connectivity index (χ2n) is 11.2. The lowest BCUT2D eigenvalue weighted by molar-refractivity contribution is -0.317. The molecule has 4 amide bonds. The molecule has 0 saturated carbocycles. The average molecular weight is 710 g/mol. The van der Waals surface area contributed by atoms with Gasteiger partial charge in [-0.05, 0) is 35.8 Å². The Labute approximate surface area is 291 Å². The Morgan fingerprint density at radius 1 is 0.569 bits per heavy atom. The molecule has 276 valence electrons. The van der Waals surface area contributed by atoms with Crippen LogP contribution in [0.25, 0.3) is 0 Å². The molecule has 1 aromatic carbocycles. The zero-order valence-corrected chi connectivity index (χ0v) is 28.0. The van der Waals surface area contributed by atoms with Crippen molar-refractivity contribution in [3.05, 3.63) is 79.6 Å².